The van der Waals surface area contributed by atoms with Crippen molar-refractivity contribution < 1.29 is 36.3 Å². The summed E-state index contributed by atoms with van der Waals surface area (Å²) in [5.41, 5.74) is 5.09. The molecular formula is C9H8F4NO4P. The van der Waals surface area contributed by atoms with Crippen LogP contribution in [0.2, 0.25) is 0 Å². The van der Waals surface area contributed by atoms with Gasteiger partial charge in [-0.15, -0.1) is 0 Å². The van der Waals surface area contributed by atoms with E-state index in [1.807, 2.05) is 0 Å². The topological polar surface area (TPSA) is 89.6 Å². The SMILES string of the molecule is NCc1ccc(F)cc1P(=O)(O)OC(=O)C(F)(F)F. The average Bonchev–Trinajstić information content (AvgIpc) is 2.27. The van der Waals surface area contributed by atoms with Crippen LogP contribution in [0, 0.1) is 5.82 Å². The Morgan fingerprint density at radius 1 is 1.42 bits per heavy atom. The summed E-state index contributed by atoms with van der Waals surface area (Å²) in [6.45, 7) is -0.344. The second kappa shape index (κ2) is 5.28. The van der Waals surface area contributed by atoms with E-state index in [4.69, 9.17) is 5.73 Å². The van der Waals surface area contributed by atoms with E-state index in [0.717, 1.165) is 12.1 Å². The first-order valence-electron chi connectivity index (χ1n) is 4.70. The van der Waals surface area contributed by atoms with Crippen LogP contribution in [0.1, 0.15) is 5.56 Å². The molecule has 106 valence electrons. The number of rotatable bonds is 3. The van der Waals surface area contributed by atoms with Crippen LogP contribution in [-0.2, 0) is 20.4 Å². The minimum Gasteiger partial charge on any atom is -0.382 e. The maximum atomic E-state index is 12.9. The zero-order chi connectivity index (χ0) is 14.8. The van der Waals surface area contributed by atoms with E-state index < -0.39 is 30.9 Å². The van der Waals surface area contributed by atoms with Gasteiger partial charge in [-0.1, -0.05) is 6.07 Å². The van der Waals surface area contributed by atoms with E-state index >= 15 is 0 Å². The summed E-state index contributed by atoms with van der Waals surface area (Å²) in [5.74, 6) is -3.82. The summed E-state index contributed by atoms with van der Waals surface area (Å²) in [6, 6.07) is 2.40. The summed E-state index contributed by atoms with van der Waals surface area (Å²) < 4.78 is 63.9. The third kappa shape index (κ3) is 3.76. The fourth-order valence-electron chi connectivity index (χ4n) is 1.19. The molecule has 0 aromatic heterocycles. The molecule has 19 heavy (non-hydrogen) atoms. The number of carbonyl (C=O) groups is 1. The Bertz CT molecular complexity index is 546. The highest BCUT2D eigenvalue weighted by Gasteiger charge is 2.45. The highest BCUT2D eigenvalue weighted by Crippen LogP contribution is 2.43. The lowest BCUT2D eigenvalue weighted by Gasteiger charge is -2.16. The van der Waals surface area contributed by atoms with Crippen LogP contribution in [-0.4, -0.2) is 17.0 Å². The molecule has 0 aliphatic rings. The van der Waals surface area contributed by atoms with Gasteiger partial charge in [-0.25, -0.2) is 13.8 Å². The standard InChI is InChI=1S/C9H8F4NO4P/c10-6-2-1-5(4-14)7(3-6)19(16,17)18-8(15)9(11,12)13/h1-3H,4,14H2,(H,16,17). The van der Waals surface area contributed by atoms with Crippen LogP contribution >= 0.6 is 7.60 Å². The molecule has 1 unspecified atom stereocenters. The lowest BCUT2D eigenvalue weighted by Crippen LogP contribution is -2.27. The smallest absolute Gasteiger partial charge is 0.382 e. The van der Waals surface area contributed by atoms with Gasteiger partial charge in [0, 0.05) is 6.54 Å². The Hall–Kier alpha value is -1.44. The van der Waals surface area contributed by atoms with Crippen molar-refractivity contribution in [1.29, 1.82) is 0 Å². The zero-order valence-corrected chi connectivity index (χ0v) is 10.0. The maximum Gasteiger partial charge on any atom is 0.491 e. The zero-order valence-electron chi connectivity index (χ0n) is 9.15. The van der Waals surface area contributed by atoms with Crippen LogP contribution in [0.5, 0.6) is 0 Å². The summed E-state index contributed by atoms with van der Waals surface area (Å²) in [5, 5.41) is -0.785. The molecule has 0 aliphatic carbocycles. The molecule has 0 amide bonds. The normalized spacial score (nSPS) is 14.8. The molecular weight excluding hydrogens is 293 g/mol. The number of nitrogens with two attached hydrogens (primary N) is 1. The lowest BCUT2D eigenvalue weighted by molar-refractivity contribution is -0.190. The molecule has 1 rings (SSSR count). The molecule has 1 aromatic carbocycles. The second-order valence-corrected chi connectivity index (χ2v) is 5.08. The van der Waals surface area contributed by atoms with E-state index in [-0.39, 0.29) is 12.1 Å². The van der Waals surface area contributed by atoms with Crippen molar-refractivity contribution in [3.8, 4) is 0 Å². The Morgan fingerprint density at radius 3 is 2.47 bits per heavy atom. The fourth-order valence-corrected chi connectivity index (χ4v) is 2.43. The molecule has 0 saturated carbocycles. The van der Waals surface area contributed by atoms with Crippen molar-refractivity contribution >= 4 is 18.9 Å². The summed E-state index contributed by atoms with van der Waals surface area (Å²) in [7, 11) is -5.17. The van der Waals surface area contributed by atoms with Gasteiger partial charge in [0.1, 0.15) is 5.82 Å². The molecule has 0 bridgehead atoms. The van der Waals surface area contributed by atoms with Crippen LogP contribution in [0.3, 0.4) is 0 Å². The van der Waals surface area contributed by atoms with E-state index in [0.29, 0.717) is 6.07 Å². The summed E-state index contributed by atoms with van der Waals surface area (Å²) in [4.78, 5) is 19.9. The highest BCUT2D eigenvalue weighted by molar-refractivity contribution is 7.61. The van der Waals surface area contributed by atoms with Crippen LogP contribution in [0.25, 0.3) is 0 Å². The molecule has 0 spiro atoms. The van der Waals surface area contributed by atoms with Crippen molar-refractivity contribution in [2.75, 3.05) is 0 Å². The first-order chi connectivity index (χ1) is 8.58. The average molecular weight is 301 g/mol. The fraction of sp³-hybridized carbons (Fsp3) is 0.222. The number of carbonyl (C=O) groups excluding carboxylic acids is 1. The van der Waals surface area contributed by atoms with Crippen molar-refractivity contribution in [3.05, 3.63) is 29.6 Å². The molecule has 0 radical (unpaired) electrons. The Balaban J connectivity index is 3.17. The minimum absolute atomic E-state index is 0.109. The maximum absolute atomic E-state index is 12.9. The monoisotopic (exact) mass is 301 g/mol. The van der Waals surface area contributed by atoms with Crippen LogP contribution in [0.15, 0.2) is 18.2 Å². The largest absolute Gasteiger partial charge is 0.491 e. The van der Waals surface area contributed by atoms with Crippen molar-refractivity contribution in [2.24, 2.45) is 5.73 Å². The van der Waals surface area contributed by atoms with Crippen LogP contribution in [0.4, 0.5) is 17.6 Å². The molecule has 3 N–H and O–H groups in total. The van der Waals surface area contributed by atoms with Gasteiger partial charge in [-0.2, -0.15) is 13.2 Å². The molecule has 5 nitrogen and oxygen atoms in total. The first-order valence-corrected chi connectivity index (χ1v) is 6.28. The van der Waals surface area contributed by atoms with Crippen molar-refractivity contribution in [1.82, 2.24) is 0 Å². The molecule has 0 heterocycles. The van der Waals surface area contributed by atoms with Gasteiger partial charge in [-0.05, 0) is 17.7 Å². The Kier molecular flexibility index (Phi) is 4.34. The Labute approximate surface area is 104 Å². The van der Waals surface area contributed by atoms with E-state index in [2.05, 4.69) is 4.52 Å². The number of hydrogen-bond donors (Lipinski definition) is 2. The highest BCUT2D eigenvalue weighted by atomic mass is 31.2. The third-order valence-corrected chi connectivity index (χ3v) is 3.45. The van der Waals surface area contributed by atoms with E-state index in [1.165, 1.54) is 0 Å². The second-order valence-electron chi connectivity index (χ2n) is 3.37. The Morgan fingerprint density at radius 2 is 2.00 bits per heavy atom. The predicted octanol–water partition coefficient (Wildman–Crippen LogP) is 1.20. The summed E-state index contributed by atoms with van der Waals surface area (Å²) in [6.07, 6.45) is -5.44. The molecule has 1 aromatic rings. The number of halogens is 4. The lowest BCUT2D eigenvalue weighted by atomic mass is 10.2. The van der Waals surface area contributed by atoms with Gasteiger partial charge < -0.3 is 15.2 Å². The number of benzene rings is 1. The molecule has 0 aliphatic heterocycles. The molecule has 0 saturated heterocycles. The first kappa shape index (κ1) is 15.6. The van der Waals surface area contributed by atoms with E-state index in [1.54, 1.807) is 0 Å². The predicted molar refractivity (Wildman–Crippen MR) is 55.9 cm³/mol. The summed E-state index contributed by atoms with van der Waals surface area (Å²) >= 11 is 0. The third-order valence-electron chi connectivity index (χ3n) is 2.01. The van der Waals surface area contributed by atoms with Crippen molar-refractivity contribution in [2.45, 2.75) is 12.7 Å². The van der Waals surface area contributed by atoms with Gasteiger partial charge in [0.25, 0.3) is 0 Å². The van der Waals surface area contributed by atoms with Gasteiger partial charge in [0.15, 0.2) is 0 Å². The van der Waals surface area contributed by atoms with E-state index in [9.17, 15) is 31.8 Å². The minimum atomic E-state index is -5.44. The van der Waals surface area contributed by atoms with Crippen molar-refractivity contribution in [3.63, 3.8) is 0 Å². The van der Waals surface area contributed by atoms with Gasteiger partial charge in [-0.3, -0.25) is 0 Å². The van der Waals surface area contributed by atoms with Gasteiger partial charge >= 0.3 is 19.7 Å². The van der Waals surface area contributed by atoms with Gasteiger partial charge in [0.2, 0.25) is 0 Å². The quantitative estimate of drug-likeness (QED) is 0.647. The number of alkyl halides is 3. The number of hydrogen-bond acceptors (Lipinski definition) is 4. The van der Waals surface area contributed by atoms with Gasteiger partial charge in [0.05, 0.1) is 5.30 Å². The molecule has 10 heteroatoms. The van der Waals surface area contributed by atoms with Crippen LogP contribution < -0.4 is 11.0 Å². The molecule has 1 atom stereocenters. The molecule has 0 fully saturated rings.